The molecule has 1 unspecified atom stereocenters. The van der Waals surface area contributed by atoms with E-state index in [2.05, 4.69) is 47.8 Å². The fraction of sp³-hybridized carbons (Fsp3) is 0.269. The number of para-hydroxylation sites is 1. The molecule has 0 aromatic heterocycles. The number of carbonyl (C=O) groups is 1. The molecule has 1 saturated carbocycles. The van der Waals surface area contributed by atoms with Crippen LogP contribution in [0.1, 0.15) is 34.9 Å². The number of carbonyl (C=O) groups excluding carboxylic acids is 1. The van der Waals surface area contributed by atoms with Crippen LogP contribution in [0, 0.1) is 0 Å². The topological polar surface area (TPSA) is 41.6 Å². The monoisotopic (exact) mass is 432 g/mol. The summed E-state index contributed by atoms with van der Waals surface area (Å²) >= 11 is 6.23. The number of amides is 2. The first-order valence-corrected chi connectivity index (χ1v) is 10.9. The van der Waals surface area contributed by atoms with Crippen molar-refractivity contribution in [1.29, 1.82) is 0 Å². The van der Waals surface area contributed by atoms with Gasteiger partial charge in [-0.3, -0.25) is 0 Å². The second kappa shape index (κ2) is 7.61. The highest BCUT2D eigenvalue weighted by molar-refractivity contribution is 6.30. The first-order valence-electron chi connectivity index (χ1n) is 10.6. The van der Waals surface area contributed by atoms with Crippen LogP contribution in [0.4, 0.5) is 4.79 Å². The lowest BCUT2D eigenvalue weighted by Gasteiger charge is -2.36. The number of nitrogens with zero attached hydrogens (tertiary/aromatic N) is 1. The Kier molecular flexibility index (Phi) is 4.90. The van der Waals surface area contributed by atoms with E-state index in [9.17, 15) is 4.79 Å². The molecule has 2 amide bonds. The molecule has 1 N–H and O–H groups in total. The standard InChI is InChI=1S/C26H25ClN2O2/c1-29(2)25(30)28-22-16-21(17-8-4-3-5-9-17)26(18-12-14-19(27)15-13-18)24(22)20-10-6-7-11-23(20)31-26/h3-15,21-22,24H,16H2,1-2H3,(H,28,30)/t21-,22+,24?,26-/m0/s1. The quantitative estimate of drug-likeness (QED) is 0.590. The molecular weight excluding hydrogens is 408 g/mol. The number of rotatable bonds is 3. The Bertz CT molecular complexity index is 1100. The van der Waals surface area contributed by atoms with Gasteiger partial charge in [0.1, 0.15) is 11.4 Å². The van der Waals surface area contributed by atoms with Crippen LogP contribution < -0.4 is 10.1 Å². The lowest BCUT2D eigenvalue weighted by Crippen LogP contribution is -2.45. The molecule has 1 heterocycles. The van der Waals surface area contributed by atoms with E-state index >= 15 is 0 Å². The highest BCUT2D eigenvalue weighted by Gasteiger charge is 2.63. The minimum atomic E-state index is -0.625. The molecule has 1 fully saturated rings. The normalized spacial score (nSPS) is 26.0. The van der Waals surface area contributed by atoms with Crippen LogP contribution in [0.5, 0.6) is 5.75 Å². The summed E-state index contributed by atoms with van der Waals surface area (Å²) in [5, 5.41) is 3.97. The zero-order valence-corrected chi connectivity index (χ0v) is 18.3. The van der Waals surface area contributed by atoms with Gasteiger partial charge in [0.25, 0.3) is 0 Å². The molecule has 4 nitrogen and oxygen atoms in total. The highest BCUT2D eigenvalue weighted by Crippen LogP contribution is 2.64. The lowest BCUT2D eigenvalue weighted by molar-refractivity contribution is 0.0619. The minimum absolute atomic E-state index is 0.0148. The average molecular weight is 433 g/mol. The molecule has 2 aliphatic rings. The van der Waals surface area contributed by atoms with Crippen molar-refractivity contribution < 1.29 is 9.53 Å². The molecule has 1 aliphatic carbocycles. The summed E-state index contributed by atoms with van der Waals surface area (Å²) in [5.74, 6) is 0.936. The van der Waals surface area contributed by atoms with E-state index < -0.39 is 5.60 Å². The van der Waals surface area contributed by atoms with Crippen LogP contribution in [0.3, 0.4) is 0 Å². The number of fused-ring (bicyclic) bond motifs is 3. The van der Waals surface area contributed by atoms with Gasteiger partial charge in [-0.25, -0.2) is 4.79 Å². The first kappa shape index (κ1) is 20.0. The number of hydrogen-bond acceptors (Lipinski definition) is 2. The number of halogens is 1. The zero-order chi connectivity index (χ0) is 21.6. The van der Waals surface area contributed by atoms with E-state index in [-0.39, 0.29) is 23.9 Å². The van der Waals surface area contributed by atoms with Crippen LogP contribution in [-0.2, 0) is 5.60 Å². The Morgan fingerprint density at radius 1 is 1.00 bits per heavy atom. The Morgan fingerprint density at radius 3 is 2.39 bits per heavy atom. The van der Waals surface area contributed by atoms with Crippen molar-refractivity contribution in [3.05, 3.63) is 101 Å². The Hall–Kier alpha value is -2.98. The summed E-state index contributed by atoms with van der Waals surface area (Å²) in [5.41, 5.74) is 2.80. The average Bonchev–Trinajstić information content (AvgIpc) is 3.28. The molecule has 3 aromatic rings. The van der Waals surface area contributed by atoms with E-state index in [1.807, 2.05) is 36.4 Å². The predicted octanol–water partition coefficient (Wildman–Crippen LogP) is 5.54. The Labute approximate surface area is 187 Å². The van der Waals surface area contributed by atoms with Crippen LogP contribution in [0.15, 0.2) is 78.9 Å². The maximum absolute atomic E-state index is 12.7. The van der Waals surface area contributed by atoms with Gasteiger partial charge in [-0.2, -0.15) is 0 Å². The Morgan fingerprint density at radius 2 is 1.68 bits per heavy atom. The van der Waals surface area contributed by atoms with Crippen LogP contribution in [0.2, 0.25) is 5.02 Å². The molecule has 0 radical (unpaired) electrons. The van der Waals surface area contributed by atoms with Gasteiger partial charge in [0.15, 0.2) is 0 Å². The van der Waals surface area contributed by atoms with Gasteiger partial charge in [0, 0.05) is 36.6 Å². The third kappa shape index (κ3) is 3.17. The van der Waals surface area contributed by atoms with Gasteiger partial charge >= 0.3 is 6.03 Å². The van der Waals surface area contributed by atoms with Crippen LogP contribution in [0.25, 0.3) is 0 Å². The van der Waals surface area contributed by atoms with Gasteiger partial charge in [0.2, 0.25) is 0 Å². The van der Waals surface area contributed by atoms with Gasteiger partial charge < -0.3 is 15.0 Å². The van der Waals surface area contributed by atoms with Crippen molar-refractivity contribution in [1.82, 2.24) is 10.2 Å². The summed E-state index contributed by atoms with van der Waals surface area (Å²) in [4.78, 5) is 14.3. The number of benzene rings is 3. The predicted molar refractivity (Wildman–Crippen MR) is 123 cm³/mol. The van der Waals surface area contributed by atoms with Crippen molar-refractivity contribution in [2.45, 2.75) is 29.9 Å². The SMILES string of the molecule is CN(C)C(=O)N[C@@H]1C[C@@H](c2ccccc2)[C@]2(c3ccc(Cl)cc3)Oc3ccccc3C12. The van der Waals surface area contributed by atoms with Crippen molar-refractivity contribution in [3.8, 4) is 5.75 Å². The van der Waals surface area contributed by atoms with Gasteiger partial charge in [-0.15, -0.1) is 0 Å². The van der Waals surface area contributed by atoms with Crippen molar-refractivity contribution in [2.24, 2.45) is 0 Å². The maximum atomic E-state index is 12.7. The summed E-state index contributed by atoms with van der Waals surface area (Å²) in [6.07, 6.45) is 0.783. The molecule has 31 heavy (non-hydrogen) atoms. The molecule has 1 aliphatic heterocycles. The molecule has 4 atom stereocenters. The molecule has 5 heteroatoms. The summed E-state index contributed by atoms with van der Waals surface area (Å²) in [6.45, 7) is 0. The number of hydrogen-bond donors (Lipinski definition) is 1. The maximum Gasteiger partial charge on any atom is 0.317 e. The fourth-order valence-electron chi connectivity index (χ4n) is 5.32. The van der Waals surface area contributed by atoms with E-state index in [0.717, 1.165) is 23.3 Å². The molecule has 5 rings (SSSR count). The number of ether oxygens (including phenoxy) is 1. The van der Waals surface area contributed by atoms with E-state index in [4.69, 9.17) is 16.3 Å². The zero-order valence-electron chi connectivity index (χ0n) is 17.6. The molecule has 0 spiro atoms. The van der Waals surface area contributed by atoms with Gasteiger partial charge in [-0.1, -0.05) is 72.3 Å². The third-order valence-electron chi connectivity index (χ3n) is 6.62. The second-order valence-electron chi connectivity index (χ2n) is 8.57. The van der Waals surface area contributed by atoms with Crippen LogP contribution >= 0.6 is 11.6 Å². The molecule has 158 valence electrons. The summed E-state index contributed by atoms with van der Waals surface area (Å²) in [7, 11) is 3.54. The van der Waals surface area contributed by atoms with E-state index in [1.54, 1.807) is 19.0 Å². The van der Waals surface area contributed by atoms with Crippen molar-refractivity contribution >= 4 is 17.6 Å². The first-order chi connectivity index (χ1) is 15.0. The minimum Gasteiger partial charge on any atom is -0.481 e. The van der Waals surface area contributed by atoms with Crippen LogP contribution in [-0.4, -0.2) is 31.1 Å². The van der Waals surface area contributed by atoms with E-state index in [0.29, 0.717) is 5.02 Å². The van der Waals surface area contributed by atoms with Crippen molar-refractivity contribution in [2.75, 3.05) is 14.1 Å². The molecular formula is C26H25ClN2O2. The lowest BCUT2D eigenvalue weighted by atomic mass is 9.74. The molecule has 0 saturated heterocycles. The number of nitrogens with one attached hydrogen (secondary N) is 1. The molecule has 0 bridgehead atoms. The fourth-order valence-corrected chi connectivity index (χ4v) is 5.45. The van der Waals surface area contributed by atoms with Crippen molar-refractivity contribution in [3.63, 3.8) is 0 Å². The largest absolute Gasteiger partial charge is 0.481 e. The summed E-state index contributed by atoms with van der Waals surface area (Å²) in [6, 6.07) is 26.5. The number of urea groups is 1. The Balaban J connectivity index is 1.71. The molecule has 3 aromatic carbocycles. The second-order valence-corrected chi connectivity index (χ2v) is 9.00. The third-order valence-corrected chi connectivity index (χ3v) is 6.87. The van der Waals surface area contributed by atoms with Gasteiger partial charge in [0.05, 0.1) is 5.92 Å². The van der Waals surface area contributed by atoms with E-state index in [1.165, 1.54) is 5.56 Å². The van der Waals surface area contributed by atoms with Gasteiger partial charge in [-0.05, 0) is 35.7 Å². The smallest absolute Gasteiger partial charge is 0.317 e. The highest BCUT2D eigenvalue weighted by atomic mass is 35.5. The summed E-state index contributed by atoms with van der Waals surface area (Å²) < 4.78 is 6.88.